The van der Waals surface area contributed by atoms with Crippen molar-refractivity contribution in [1.82, 2.24) is 19.5 Å². The van der Waals surface area contributed by atoms with Gasteiger partial charge in [-0.1, -0.05) is 20.3 Å². The van der Waals surface area contributed by atoms with Crippen LogP contribution in [0.4, 0.5) is 0 Å². The highest BCUT2D eigenvalue weighted by molar-refractivity contribution is 5.70. The number of aromatic amines is 1. The summed E-state index contributed by atoms with van der Waals surface area (Å²) in [5, 5.41) is 0. The zero-order valence-electron chi connectivity index (χ0n) is 10.7. The topological polar surface area (TPSA) is 63.6 Å². The summed E-state index contributed by atoms with van der Waals surface area (Å²) in [4.78, 5) is 23.3. The first-order chi connectivity index (χ1) is 8.04. The Morgan fingerprint density at radius 3 is 2.76 bits per heavy atom. The molecule has 5 heteroatoms. The first-order valence-electron chi connectivity index (χ1n) is 5.97. The van der Waals surface area contributed by atoms with Crippen molar-refractivity contribution in [1.29, 1.82) is 0 Å². The number of nitrogens with zero attached hydrogens (tertiary/aromatic N) is 3. The van der Waals surface area contributed by atoms with Gasteiger partial charge in [-0.05, 0) is 13.3 Å². The lowest BCUT2D eigenvalue weighted by Crippen LogP contribution is -2.13. The third-order valence-corrected chi connectivity index (χ3v) is 3.06. The molecule has 0 saturated carbocycles. The lowest BCUT2D eigenvalue weighted by atomic mass is 10.1. The van der Waals surface area contributed by atoms with E-state index < -0.39 is 0 Å². The molecule has 17 heavy (non-hydrogen) atoms. The molecule has 92 valence electrons. The molecule has 1 N–H and O–H groups in total. The summed E-state index contributed by atoms with van der Waals surface area (Å²) in [6.07, 6.45) is 2.17. The molecule has 0 spiro atoms. The summed E-state index contributed by atoms with van der Waals surface area (Å²) in [7, 11) is 1.88. The largest absolute Gasteiger partial charge is 0.325 e. The molecule has 0 aliphatic carbocycles. The van der Waals surface area contributed by atoms with Crippen LogP contribution in [-0.4, -0.2) is 19.5 Å². The summed E-state index contributed by atoms with van der Waals surface area (Å²) < 4.78 is 1.86. The number of aromatic nitrogens is 4. The molecular formula is C12H18N4O. The van der Waals surface area contributed by atoms with E-state index >= 15 is 0 Å². The third kappa shape index (κ3) is 1.97. The Morgan fingerprint density at radius 2 is 2.12 bits per heavy atom. The minimum atomic E-state index is -0.113. The van der Waals surface area contributed by atoms with E-state index in [4.69, 9.17) is 0 Å². The van der Waals surface area contributed by atoms with Crippen molar-refractivity contribution in [3.63, 3.8) is 0 Å². The molecule has 0 aromatic carbocycles. The maximum atomic E-state index is 11.9. The molecule has 1 unspecified atom stereocenters. The van der Waals surface area contributed by atoms with Gasteiger partial charge in [0.2, 0.25) is 0 Å². The second-order valence-corrected chi connectivity index (χ2v) is 4.54. The van der Waals surface area contributed by atoms with Crippen LogP contribution in [0, 0.1) is 6.92 Å². The molecule has 0 aliphatic heterocycles. The van der Waals surface area contributed by atoms with Gasteiger partial charge in [-0.25, -0.2) is 9.97 Å². The predicted molar refractivity (Wildman–Crippen MR) is 67.2 cm³/mol. The van der Waals surface area contributed by atoms with Crippen LogP contribution < -0.4 is 5.56 Å². The van der Waals surface area contributed by atoms with E-state index in [0.29, 0.717) is 22.9 Å². The SMILES string of the molecule is CCCC(C)c1nc2nc(C)[nH]c(=O)c2n1C. The van der Waals surface area contributed by atoms with Gasteiger partial charge in [0.25, 0.3) is 5.56 Å². The van der Waals surface area contributed by atoms with E-state index in [1.54, 1.807) is 6.92 Å². The lowest BCUT2D eigenvalue weighted by Gasteiger charge is -2.09. The average molecular weight is 234 g/mol. The van der Waals surface area contributed by atoms with Crippen molar-refractivity contribution in [3.05, 3.63) is 22.0 Å². The fourth-order valence-electron chi connectivity index (χ4n) is 2.25. The molecule has 0 saturated heterocycles. The summed E-state index contributed by atoms with van der Waals surface area (Å²) in [5.74, 6) is 1.89. The molecule has 2 aromatic rings. The Kier molecular flexibility index (Phi) is 3.00. The Bertz CT molecular complexity index is 596. The summed E-state index contributed by atoms with van der Waals surface area (Å²) in [6, 6.07) is 0. The van der Waals surface area contributed by atoms with E-state index in [1.165, 1.54) is 0 Å². The van der Waals surface area contributed by atoms with Crippen molar-refractivity contribution in [2.24, 2.45) is 7.05 Å². The van der Waals surface area contributed by atoms with Crippen molar-refractivity contribution in [2.45, 2.75) is 39.5 Å². The first-order valence-corrected chi connectivity index (χ1v) is 5.97. The van der Waals surface area contributed by atoms with Gasteiger partial charge in [-0.15, -0.1) is 0 Å². The van der Waals surface area contributed by atoms with Gasteiger partial charge >= 0.3 is 0 Å². The smallest absolute Gasteiger partial charge is 0.277 e. The van der Waals surface area contributed by atoms with Crippen LogP contribution in [0.5, 0.6) is 0 Å². The molecule has 1 atom stereocenters. The van der Waals surface area contributed by atoms with Gasteiger partial charge in [0.05, 0.1) is 0 Å². The van der Waals surface area contributed by atoms with Crippen LogP contribution in [-0.2, 0) is 7.05 Å². The molecule has 0 amide bonds. The van der Waals surface area contributed by atoms with E-state index in [9.17, 15) is 4.79 Å². The predicted octanol–water partition coefficient (Wildman–Crippen LogP) is 1.87. The lowest BCUT2D eigenvalue weighted by molar-refractivity contribution is 0.606. The van der Waals surface area contributed by atoms with Crippen LogP contribution in [0.25, 0.3) is 11.2 Å². The molecule has 2 rings (SSSR count). The summed E-state index contributed by atoms with van der Waals surface area (Å²) in [5.41, 5.74) is 0.998. The molecule has 0 radical (unpaired) electrons. The van der Waals surface area contributed by atoms with Crippen molar-refractivity contribution in [2.75, 3.05) is 0 Å². The van der Waals surface area contributed by atoms with E-state index in [0.717, 1.165) is 18.7 Å². The fourth-order valence-corrected chi connectivity index (χ4v) is 2.25. The standard InChI is InChI=1S/C12H18N4O/c1-5-6-7(2)11-15-10-9(16(11)4)12(17)14-8(3)13-10/h7H,5-6H2,1-4H3,(H,13,14,17). The van der Waals surface area contributed by atoms with Crippen LogP contribution in [0.1, 0.15) is 44.3 Å². The van der Waals surface area contributed by atoms with Crippen LogP contribution >= 0.6 is 0 Å². The minimum Gasteiger partial charge on any atom is -0.325 e. The molecular weight excluding hydrogens is 216 g/mol. The van der Waals surface area contributed by atoms with Gasteiger partial charge in [0.15, 0.2) is 11.2 Å². The van der Waals surface area contributed by atoms with Gasteiger partial charge in [-0.2, -0.15) is 0 Å². The Labute approximate surface area is 99.9 Å². The second kappa shape index (κ2) is 4.31. The highest BCUT2D eigenvalue weighted by atomic mass is 16.1. The summed E-state index contributed by atoms with van der Waals surface area (Å²) in [6.45, 7) is 6.05. The average Bonchev–Trinajstić information content (AvgIpc) is 2.56. The molecule has 5 nitrogen and oxygen atoms in total. The number of imidazole rings is 1. The Hall–Kier alpha value is -1.65. The number of H-pyrrole nitrogens is 1. The minimum absolute atomic E-state index is 0.113. The highest BCUT2D eigenvalue weighted by Crippen LogP contribution is 2.21. The number of aryl methyl sites for hydroxylation is 2. The summed E-state index contributed by atoms with van der Waals surface area (Å²) >= 11 is 0. The van der Waals surface area contributed by atoms with Crippen LogP contribution in [0.2, 0.25) is 0 Å². The number of hydrogen-bond acceptors (Lipinski definition) is 3. The molecule has 0 bridgehead atoms. The highest BCUT2D eigenvalue weighted by Gasteiger charge is 2.16. The Morgan fingerprint density at radius 1 is 1.41 bits per heavy atom. The van der Waals surface area contributed by atoms with Gasteiger partial charge < -0.3 is 9.55 Å². The van der Waals surface area contributed by atoms with Gasteiger partial charge in [-0.3, -0.25) is 4.79 Å². The van der Waals surface area contributed by atoms with Crippen LogP contribution in [0.15, 0.2) is 4.79 Å². The fraction of sp³-hybridized carbons (Fsp3) is 0.583. The zero-order valence-corrected chi connectivity index (χ0v) is 10.7. The maximum Gasteiger partial charge on any atom is 0.277 e. The third-order valence-electron chi connectivity index (χ3n) is 3.06. The van der Waals surface area contributed by atoms with E-state index in [2.05, 4.69) is 28.8 Å². The van der Waals surface area contributed by atoms with Crippen molar-refractivity contribution >= 4 is 11.2 Å². The van der Waals surface area contributed by atoms with E-state index in [-0.39, 0.29) is 5.56 Å². The normalized spacial score (nSPS) is 13.2. The van der Waals surface area contributed by atoms with Gasteiger partial charge in [0, 0.05) is 13.0 Å². The Balaban J connectivity index is 2.64. The first kappa shape index (κ1) is 11.8. The quantitative estimate of drug-likeness (QED) is 0.881. The zero-order chi connectivity index (χ0) is 12.6. The maximum absolute atomic E-state index is 11.9. The molecule has 2 aromatic heterocycles. The van der Waals surface area contributed by atoms with E-state index in [1.807, 2.05) is 11.6 Å². The van der Waals surface area contributed by atoms with Crippen molar-refractivity contribution < 1.29 is 0 Å². The number of nitrogens with one attached hydrogen (secondary N) is 1. The number of fused-ring (bicyclic) bond motifs is 1. The van der Waals surface area contributed by atoms with Crippen LogP contribution in [0.3, 0.4) is 0 Å². The molecule has 0 fully saturated rings. The molecule has 2 heterocycles. The second-order valence-electron chi connectivity index (χ2n) is 4.54. The number of hydrogen-bond donors (Lipinski definition) is 1. The van der Waals surface area contributed by atoms with Gasteiger partial charge in [0.1, 0.15) is 11.6 Å². The molecule has 0 aliphatic rings. The number of rotatable bonds is 3. The van der Waals surface area contributed by atoms with Crippen molar-refractivity contribution in [3.8, 4) is 0 Å². The monoisotopic (exact) mass is 234 g/mol.